The van der Waals surface area contributed by atoms with E-state index in [4.69, 9.17) is 4.42 Å². The number of benzene rings is 1. The molecule has 4 rings (SSSR count). The van der Waals surface area contributed by atoms with Crippen molar-refractivity contribution in [3.63, 3.8) is 0 Å². The molecule has 0 fully saturated rings. The maximum absolute atomic E-state index is 12.6. The Morgan fingerprint density at radius 2 is 2.10 bits per heavy atom. The van der Waals surface area contributed by atoms with Gasteiger partial charge in [0.25, 0.3) is 0 Å². The summed E-state index contributed by atoms with van der Waals surface area (Å²) in [5.41, 5.74) is 1.24. The van der Waals surface area contributed by atoms with Crippen LogP contribution in [-0.2, 0) is 23.5 Å². The fourth-order valence-corrected chi connectivity index (χ4v) is 5.42. The van der Waals surface area contributed by atoms with Crippen LogP contribution in [0.25, 0.3) is 10.9 Å². The highest BCUT2D eigenvalue weighted by molar-refractivity contribution is 8.23. The zero-order chi connectivity index (χ0) is 21.8. The highest BCUT2D eigenvalue weighted by atomic mass is 32.2. The summed E-state index contributed by atoms with van der Waals surface area (Å²) in [6.07, 6.45) is 9.69. The van der Waals surface area contributed by atoms with Crippen molar-refractivity contribution in [2.45, 2.75) is 45.9 Å². The molecule has 3 aromatic rings. The van der Waals surface area contributed by atoms with Crippen molar-refractivity contribution in [2.75, 3.05) is 0 Å². The van der Waals surface area contributed by atoms with Gasteiger partial charge in [-0.15, -0.1) is 11.8 Å². The molecule has 162 valence electrons. The summed E-state index contributed by atoms with van der Waals surface area (Å²) in [6, 6.07) is 10.1. The summed E-state index contributed by atoms with van der Waals surface area (Å²) in [4.78, 5) is 17.0. The van der Waals surface area contributed by atoms with E-state index >= 15 is 0 Å². The molecule has 0 spiro atoms. The number of para-hydroxylation sites is 1. The number of amides is 1. The first-order valence-electron chi connectivity index (χ1n) is 10.3. The third-order valence-electron chi connectivity index (χ3n) is 4.70. The van der Waals surface area contributed by atoms with Gasteiger partial charge >= 0.3 is 0 Å². The summed E-state index contributed by atoms with van der Waals surface area (Å²) < 4.78 is 9.01. The lowest BCUT2D eigenvalue weighted by molar-refractivity contribution is -0.120. The molecule has 7 heteroatoms. The van der Waals surface area contributed by atoms with Gasteiger partial charge in [-0.1, -0.05) is 56.8 Å². The van der Waals surface area contributed by atoms with Gasteiger partial charge in [-0.3, -0.25) is 4.79 Å². The van der Waals surface area contributed by atoms with Crippen LogP contribution in [0.4, 0.5) is 0 Å². The van der Waals surface area contributed by atoms with E-state index < -0.39 is 0 Å². The quantitative estimate of drug-likeness (QED) is 0.469. The Kier molecular flexibility index (Phi) is 6.62. The second-order valence-corrected chi connectivity index (χ2v) is 11.1. The Bertz CT molecular complexity index is 1140. The largest absolute Gasteiger partial charge is 0.445 e. The minimum absolute atomic E-state index is 0.0223. The van der Waals surface area contributed by atoms with Crippen molar-refractivity contribution in [1.29, 1.82) is 0 Å². The van der Waals surface area contributed by atoms with Crippen molar-refractivity contribution in [3.05, 3.63) is 75.8 Å². The van der Waals surface area contributed by atoms with Gasteiger partial charge in [0.1, 0.15) is 12.3 Å². The van der Waals surface area contributed by atoms with Gasteiger partial charge in [-0.05, 0) is 35.4 Å². The standard InChI is InChI=1S/C24H27N3O2S2/c1-24(2,3)13-18-14-25-21(29-18)16-30-23-10-6-9-22(31-23)26-20(28)15-27-12-11-17-7-4-5-8-19(17)27/h4-5,7-12,14H,6,13,15-16H2,1-3H3,(H,26,28). The van der Waals surface area contributed by atoms with E-state index in [0.717, 1.165) is 44.7 Å². The Hall–Kier alpha value is -2.38. The Morgan fingerprint density at radius 1 is 1.26 bits per heavy atom. The first-order valence-corrected chi connectivity index (χ1v) is 12.1. The van der Waals surface area contributed by atoms with Crippen LogP contribution in [0.2, 0.25) is 0 Å². The van der Waals surface area contributed by atoms with E-state index in [1.54, 1.807) is 23.5 Å². The van der Waals surface area contributed by atoms with Crippen LogP contribution in [0.1, 0.15) is 38.8 Å². The van der Waals surface area contributed by atoms with Crippen LogP contribution < -0.4 is 5.32 Å². The minimum Gasteiger partial charge on any atom is -0.445 e. The average molecular weight is 454 g/mol. The van der Waals surface area contributed by atoms with Crippen molar-refractivity contribution < 1.29 is 9.21 Å². The third-order valence-corrected chi connectivity index (χ3v) is 7.00. The van der Waals surface area contributed by atoms with E-state index in [0.29, 0.717) is 12.3 Å². The number of hydrogen-bond acceptors (Lipinski definition) is 5. The molecule has 0 bridgehead atoms. The number of allylic oxidation sites excluding steroid dienone is 2. The maximum Gasteiger partial charge on any atom is 0.244 e. The molecular weight excluding hydrogens is 426 g/mol. The Balaban J connectivity index is 1.27. The molecule has 1 aliphatic rings. The smallest absolute Gasteiger partial charge is 0.244 e. The van der Waals surface area contributed by atoms with E-state index in [9.17, 15) is 4.79 Å². The first kappa shape index (κ1) is 21.8. The Morgan fingerprint density at radius 3 is 2.94 bits per heavy atom. The summed E-state index contributed by atoms with van der Waals surface area (Å²) in [5, 5.41) is 5.07. The summed E-state index contributed by atoms with van der Waals surface area (Å²) >= 11 is 3.28. The molecule has 3 heterocycles. The van der Waals surface area contributed by atoms with Crippen LogP contribution in [0.3, 0.4) is 0 Å². The van der Waals surface area contributed by atoms with Gasteiger partial charge in [-0.25, -0.2) is 4.98 Å². The van der Waals surface area contributed by atoms with E-state index in [-0.39, 0.29) is 11.3 Å². The lowest BCUT2D eigenvalue weighted by Crippen LogP contribution is -2.26. The lowest BCUT2D eigenvalue weighted by Gasteiger charge is -2.16. The van der Waals surface area contributed by atoms with Crippen molar-refractivity contribution in [2.24, 2.45) is 5.41 Å². The highest BCUT2D eigenvalue weighted by Gasteiger charge is 2.17. The van der Waals surface area contributed by atoms with Gasteiger partial charge in [0.15, 0.2) is 0 Å². The third kappa shape index (κ3) is 6.08. The molecule has 0 saturated carbocycles. The van der Waals surface area contributed by atoms with Crippen LogP contribution in [0, 0.1) is 5.41 Å². The predicted molar refractivity (Wildman–Crippen MR) is 129 cm³/mol. The number of rotatable bonds is 7. The summed E-state index contributed by atoms with van der Waals surface area (Å²) in [6.45, 7) is 6.86. The fraction of sp³-hybridized carbons (Fsp3) is 0.333. The number of oxazole rings is 1. The molecule has 5 nitrogen and oxygen atoms in total. The molecule has 0 radical (unpaired) electrons. The average Bonchev–Trinajstić information content (AvgIpc) is 3.32. The minimum atomic E-state index is -0.0223. The summed E-state index contributed by atoms with van der Waals surface area (Å²) in [5.74, 6) is 2.33. The molecule has 1 amide bonds. The van der Waals surface area contributed by atoms with E-state index in [1.165, 1.54) is 0 Å². The molecule has 1 aromatic carbocycles. The molecule has 0 aliphatic carbocycles. The van der Waals surface area contributed by atoms with Crippen molar-refractivity contribution in [1.82, 2.24) is 14.9 Å². The highest BCUT2D eigenvalue weighted by Crippen LogP contribution is 2.38. The monoisotopic (exact) mass is 453 g/mol. The SMILES string of the molecule is CC(C)(C)Cc1cnc(CSC2=CCC=C(NC(=O)Cn3ccc4ccccc43)S2)o1. The van der Waals surface area contributed by atoms with Gasteiger partial charge in [0, 0.05) is 22.4 Å². The zero-order valence-electron chi connectivity index (χ0n) is 18.1. The second kappa shape index (κ2) is 9.40. The molecule has 0 unspecified atom stereocenters. The summed E-state index contributed by atoms with van der Waals surface area (Å²) in [7, 11) is 0. The first-order chi connectivity index (χ1) is 14.9. The molecule has 31 heavy (non-hydrogen) atoms. The van der Waals surface area contributed by atoms with Gasteiger partial charge in [0.2, 0.25) is 11.8 Å². The van der Waals surface area contributed by atoms with Gasteiger partial charge in [-0.2, -0.15) is 0 Å². The van der Waals surface area contributed by atoms with Crippen molar-refractivity contribution >= 4 is 40.3 Å². The van der Waals surface area contributed by atoms with Crippen LogP contribution in [0.15, 0.2) is 68.6 Å². The lowest BCUT2D eigenvalue weighted by atomic mass is 9.91. The molecular formula is C24H27N3O2S2. The number of carbonyl (C=O) groups excluding carboxylic acids is 1. The molecule has 2 aromatic heterocycles. The molecule has 1 aliphatic heterocycles. The number of fused-ring (bicyclic) bond motifs is 1. The van der Waals surface area contributed by atoms with E-state index in [2.05, 4.69) is 43.2 Å². The van der Waals surface area contributed by atoms with Gasteiger partial charge < -0.3 is 14.3 Å². The van der Waals surface area contributed by atoms with Crippen LogP contribution >= 0.6 is 23.5 Å². The molecule has 0 atom stereocenters. The van der Waals surface area contributed by atoms with Crippen molar-refractivity contribution in [3.8, 4) is 0 Å². The van der Waals surface area contributed by atoms with Gasteiger partial charge in [0.05, 0.1) is 17.0 Å². The molecule has 1 N–H and O–H groups in total. The van der Waals surface area contributed by atoms with E-state index in [1.807, 2.05) is 47.3 Å². The topological polar surface area (TPSA) is 60.1 Å². The fourth-order valence-electron chi connectivity index (χ4n) is 3.38. The van der Waals surface area contributed by atoms with Crippen LogP contribution in [-0.4, -0.2) is 15.5 Å². The predicted octanol–water partition coefficient (Wildman–Crippen LogP) is 6.09. The molecule has 0 saturated heterocycles. The zero-order valence-corrected chi connectivity index (χ0v) is 19.7. The van der Waals surface area contributed by atoms with Crippen LogP contribution in [0.5, 0.6) is 0 Å². The number of thioether (sulfide) groups is 2. The number of aromatic nitrogens is 2. The Labute approximate surface area is 191 Å². The second-order valence-electron chi connectivity index (χ2n) is 8.73. The number of nitrogens with one attached hydrogen (secondary N) is 1. The normalized spacial score (nSPS) is 14.4. The number of nitrogens with zero attached hydrogens (tertiary/aromatic N) is 2. The maximum atomic E-state index is 12.6. The number of hydrogen-bond donors (Lipinski definition) is 1. The number of carbonyl (C=O) groups is 1.